The van der Waals surface area contributed by atoms with Gasteiger partial charge < -0.3 is 9.88 Å². The molecule has 1 heterocycles. The third kappa shape index (κ3) is 4.49. The lowest BCUT2D eigenvalue weighted by Gasteiger charge is -2.07. The molecular weight excluding hydrogens is 402 g/mol. The Labute approximate surface area is 170 Å². The van der Waals surface area contributed by atoms with Crippen LogP contribution in [0, 0.1) is 17.0 Å². The normalized spacial score (nSPS) is 10.7. The molecule has 0 spiro atoms. The molecule has 0 atom stereocenters. The van der Waals surface area contributed by atoms with Crippen LogP contribution >= 0.6 is 23.4 Å². The number of rotatable bonds is 6. The Balaban J connectivity index is 1.67. The van der Waals surface area contributed by atoms with Gasteiger partial charge in [0.1, 0.15) is 0 Å². The first-order chi connectivity index (χ1) is 13.3. The standard InChI is InChI=1S/C18H16ClN5O3S/c1-11-4-3-5-12(8-11)17-21-22-18(23(17)2)28-10-16(25)20-15-9-13(24(26)27)6-7-14(15)19/h3-9H,10H2,1-2H3,(H,20,25). The minimum Gasteiger partial charge on any atom is -0.324 e. The van der Waals surface area contributed by atoms with Crippen LogP contribution in [0.5, 0.6) is 0 Å². The van der Waals surface area contributed by atoms with Crippen LogP contribution in [0.4, 0.5) is 11.4 Å². The Morgan fingerprint density at radius 2 is 2.07 bits per heavy atom. The summed E-state index contributed by atoms with van der Waals surface area (Å²) >= 11 is 7.21. The van der Waals surface area contributed by atoms with Gasteiger partial charge in [0.25, 0.3) is 5.69 Å². The van der Waals surface area contributed by atoms with Crippen molar-refractivity contribution in [2.24, 2.45) is 7.05 Å². The number of nitro groups is 1. The van der Waals surface area contributed by atoms with Crippen LogP contribution in [-0.4, -0.2) is 31.3 Å². The fourth-order valence-electron chi connectivity index (χ4n) is 2.52. The number of benzene rings is 2. The number of non-ortho nitro benzene ring substituents is 1. The average molecular weight is 418 g/mol. The van der Waals surface area contributed by atoms with Gasteiger partial charge in [-0.25, -0.2) is 0 Å². The van der Waals surface area contributed by atoms with Gasteiger partial charge in [-0.2, -0.15) is 0 Å². The average Bonchev–Trinajstić information content (AvgIpc) is 3.02. The monoisotopic (exact) mass is 417 g/mol. The topological polar surface area (TPSA) is 103 Å². The van der Waals surface area contributed by atoms with E-state index in [0.29, 0.717) is 11.0 Å². The van der Waals surface area contributed by atoms with Gasteiger partial charge in [-0.3, -0.25) is 14.9 Å². The Morgan fingerprint density at radius 3 is 2.79 bits per heavy atom. The maximum Gasteiger partial charge on any atom is 0.271 e. The van der Waals surface area contributed by atoms with E-state index in [1.165, 1.54) is 30.0 Å². The van der Waals surface area contributed by atoms with E-state index in [1.54, 1.807) is 0 Å². The SMILES string of the molecule is Cc1cccc(-c2nnc(SCC(=O)Nc3cc([N+](=O)[O-])ccc3Cl)n2C)c1. The Bertz CT molecular complexity index is 1050. The van der Waals surface area contributed by atoms with Gasteiger partial charge in [-0.05, 0) is 19.1 Å². The third-order valence-corrected chi connectivity index (χ3v) is 5.23. The molecule has 0 saturated carbocycles. The zero-order valence-corrected chi connectivity index (χ0v) is 16.6. The molecule has 1 N–H and O–H groups in total. The number of nitro benzene ring substituents is 1. The van der Waals surface area contributed by atoms with Gasteiger partial charge in [0, 0.05) is 24.7 Å². The quantitative estimate of drug-likeness (QED) is 0.368. The first kappa shape index (κ1) is 19.8. The maximum absolute atomic E-state index is 12.2. The zero-order chi connectivity index (χ0) is 20.3. The van der Waals surface area contributed by atoms with E-state index in [4.69, 9.17) is 11.6 Å². The molecule has 0 saturated heterocycles. The number of amides is 1. The molecular formula is C18H16ClN5O3S. The fourth-order valence-corrected chi connectivity index (χ4v) is 3.39. The number of aromatic nitrogens is 3. The maximum atomic E-state index is 12.2. The second kappa shape index (κ2) is 8.41. The minimum atomic E-state index is -0.548. The molecule has 3 rings (SSSR count). The fraction of sp³-hybridized carbons (Fsp3) is 0.167. The summed E-state index contributed by atoms with van der Waals surface area (Å²) < 4.78 is 1.81. The first-order valence-corrected chi connectivity index (χ1v) is 9.54. The predicted octanol–water partition coefficient (Wildman–Crippen LogP) is 4.08. The van der Waals surface area contributed by atoms with Gasteiger partial charge in [0.15, 0.2) is 11.0 Å². The van der Waals surface area contributed by atoms with Crippen molar-refractivity contribution in [1.82, 2.24) is 14.8 Å². The van der Waals surface area contributed by atoms with E-state index in [9.17, 15) is 14.9 Å². The lowest BCUT2D eigenvalue weighted by Crippen LogP contribution is -2.15. The van der Waals surface area contributed by atoms with Crippen LogP contribution in [0.3, 0.4) is 0 Å². The van der Waals surface area contributed by atoms with E-state index in [-0.39, 0.29) is 28.1 Å². The van der Waals surface area contributed by atoms with Gasteiger partial charge >= 0.3 is 0 Å². The van der Waals surface area contributed by atoms with Crippen molar-refractivity contribution in [3.05, 3.63) is 63.2 Å². The summed E-state index contributed by atoms with van der Waals surface area (Å²) in [4.78, 5) is 22.6. The summed E-state index contributed by atoms with van der Waals surface area (Å²) in [6, 6.07) is 11.8. The van der Waals surface area contributed by atoms with Gasteiger partial charge in [-0.1, -0.05) is 47.1 Å². The lowest BCUT2D eigenvalue weighted by molar-refractivity contribution is -0.384. The lowest BCUT2D eigenvalue weighted by atomic mass is 10.1. The number of thioether (sulfide) groups is 1. The number of hydrogen-bond acceptors (Lipinski definition) is 6. The molecule has 0 radical (unpaired) electrons. The van der Waals surface area contributed by atoms with Crippen LogP contribution < -0.4 is 5.32 Å². The molecule has 144 valence electrons. The molecule has 28 heavy (non-hydrogen) atoms. The molecule has 0 unspecified atom stereocenters. The van der Waals surface area contributed by atoms with Crippen molar-refractivity contribution in [1.29, 1.82) is 0 Å². The minimum absolute atomic E-state index is 0.0544. The van der Waals surface area contributed by atoms with E-state index in [1.807, 2.05) is 42.8 Å². The Hall–Kier alpha value is -2.91. The summed E-state index contributed by atoms with van der Waals surface area (Å²) in [5, 5.41) is 22.6. The van der Waals surface area contributed by atoms with E-state index < -0.39 is 4.92 Å². The molecule has 2 aromatic carbocycles. The van der Waals surface area contributed by atoms with Crippen LogP contribution in [0.1, 0.15) is 5.56 Å². The highest BCUT2D eigenvalue weighted by atomic mass is 35.5. The van der Waals surface area contributed by atoms with Gasteiger partial charge in [0.2, 0.25) is 5.91 Å². The van der Waals surface area contributed by atoms with E-state index in [2.05, 4.69) is 15.5 Å². The molecule has 0 bridgehead atoms. The molecule has 10 heteroatoms. The highest BCUT2D eigenvalue weighted by molar-refractivity contribution is 7.99. The van der Waals surface area contributed by atoms with Crippen molar-refractivity contribution in [2.45, 2.75) is 12.1 Å². The van der Waals surface area contributed by atoms with Crippen molar-refractivity contribution < 1.29 is 9.72 Å². The number of aryl methyl sites for hydroxylation is 1. The first-order valence-electron chi connectivity index (χ1n) is 8.18. The number of hydrogen-bond donors (Lipinski definition) is 1. The van der Waals surface area contributed by atoms with Crippen LogP contribution in [-0.2, 0) is 11.8 Å². The van der Waals surface area contributed by atoms with E-state index in [0.717, 1.165) is 11.1 Å². The highest BCUT2D eigenvalue weighted by Gasteiger charge is 2.15. The van der Waals surface area contributed by atoms with Crippen LogP contribution in [0.2, 0.25) is 5.02 Å². The highest BCUT2D eigenvalue weighted by Crippen LogP contribution is 2.27. The third-order valence-electron chi connectivity index (χ3n) is 3.88. The molecule has 1 amide bonds. The Kier molecular flexibility index (Phi) is 5.96. The second-order valence-electron chi connectivity index (χ2n) is 5.99. The number of nitrogens with one attached hydrogen (secondary N) is 1. The van der Waals surface area contributed by atoms with Gasteiger partial charge in [0.05, 0.1) is 21.4 Å². The van der Waals surface area contributed by atoms with Crippen molar-refractivity contribution in [3.63, 3.8) is 0 Å². The molecule has 8 nitrogen and oxygen atoms in total. The summed E-state index contributed by atoms with van der Waals surface area (Å²) in [5.41, 5.74) is 2.10. The molecule has 0 aliphatic rings. The van der Waals surface area contributed by atoms with Gasteiger partial charge in [-0.15, -0.1) is 10.2 Å². The smallest absolute Gasteiger partial charge is 0.271 e. The van der Waals surface area contributed by atoms with Crippen LogP contribution in [0.25, 0.3) is 11.4 Å². The number of carbonyl (C=O) groups excluding carboxylic acids is 1. The number of carbonyl (C=O) groups is 1. The van der Waals surface area contributed by atoms with Crippen molar-refractivity contribution >= 4 is 40.6 Å². The molecule has 0 fully saturated rings. The number of halogens is 1. The zero-order valence-electron chi connectivity index (χ0n) is 15.0. The number of nitrogens with zero attached hydrogens (tertiary/aromatic N) is 4. The molecule has 3 aromatic rings. The molecule has 0 aliphatic carbocycles. The van der Waals surface area contributed by atoms with Crippen molar-refractivity contribution in [2.75, 3.05) is 11.1 Å². The summed E-state index contributed by atoms with van der Waals surface area (Å²) in [5.74, 6) is 0.402. The summed E-state index contributed by atoms with van der Waals surface area (Å²) in [6.07, 6.45) is 0. The summed E-state index contributed by atoms with van der Waals surface area (Å²) in [7, 11) is 1.83. The van der Waals surface area contributed by atoms with Crippen molar-refractivity contribution in [3.8, 4) is 11.4 Å². The van der Waals surface area contributed by atoms with E-state index >= 15 is 0 Å². The predicted molar refractivity (Wildman–Crippen MR) is 109 cm³/mol. The largest absolute Gasteiger partial charge is 0.324 e. The van der Waals surface area contributed by atoms with Crippen LogP contribution in [0.15, 0.2) is 47.6 Å². The second-order valence-corrected chi connectivity index (χ2v) is 7.34. The Morgan fingerprint density at radius 1 is 1.29 bits per heavy atom. The number of anilines is 1. The summed E-state index contributed by atoms with van der Waals surface area (Å²) in [6.45, 7) is 2.00. The molecule has 0 aliphatic heterocycles. The molecule has 1 aromatic heterocycles.